The summed E-state index contributed by atoms with van der Waals surface area (Å²) in [4.78, 5) is 0. The van der Waals surface area contributed by atoms with Crippen LogP contribution in [0.15, 0.2) is 0 Å². The van der Waals surface area contributed by atoms with Crippen LogP contribution in [0.1, 0.15) is 13.8 Å². The molecule has 0 fully saturated rings. The fourth-order valence-electron chi connectivity index (χ4n) is 0.767. The summed E-state index contributed by atoms with van der Waals surface area (Å²) in [5.41, 5.74) is 0. The van der Waals surface area contributed by atoms with E-state index in [4.69, 9.17) is 10.00 Å². The lowest BCUT2D eigenvalue weighted by Crippen LogP contribution is -2.30. The van der Waals surface area contributed by atoms with Crippen LogP contribution in [0.25, 0.3) is 0 Å². The molecule has 64 valence electrons. The number of hydrogen-bond donors (Lipinski definition) is 1. The minimum absolute atomic E-state index is 0.0608. The second kappa shape index (κ2) is 6.14. The van der Waals surface area contributed by atoms with Crippen LogP contribution >= 0.6 is 0 Å². The van der Waals surface area contributed by atoms with E-state index >= 15 is 0 Å². The predicted octanol–water partition coefficient (Wildman–Crippen LogP) is 0.771. The standard InChI is InChI=1S/C8H16N2O/c1-7(6-11-3)5-10-8(2)4-9/h7-8,10H,5-6H2,1-3H3. The summed E-state index contributed by atoms with van der Waals surface area (Å²) in [5.74, 6) is 0.468. The lowest BCUT2D eigenvalue weighted by Gasteiger charge is -2.11. The molecule has 3 heteroatoms. The third-order valence-corrected chi connectivity index (χ3v) is 1.42. The van der Waals surface area contributed by atoms with Crippen LogP contribution < -0.4 is 5.32 Å². The molecule has 0 amide bonds. The maximum absolute atomic E-state index is 8.43. The number of ether oxygens (including phenoxy) is 1. The molecule has 0 aliphatic carbocycles. The second-order valence-electron chi connectivity index (χ2n) is 2.82. The molecular weight excluding hydrogens is 140 g/mol. The Kier molecular flexibility index (Phi) is 5.81. The molecule has 0 aromatic carbocycles. The van der Waals surface area contributed by atoms with Gasteiger partial charge in [-0.15, -0.1) is 0 Å². The fourth-order valence-corrected chi connectivity index (χ4v) is 0.767. The van der Waals surface area contributed by atoms with Crippen LogP contribution in [0.2, 0.25) is 0 Å². The van der Waals surface area contributed by atoms with Crippen LogP contribution in [0.4, 0.5) is 0 Å². The van der Waals surface area contributed by atoms with Crippen molar-refractivity contribution in [3.05, 3.63) is 0 Å². The van der Waals surface area contributed by atoms with Gasteiger partial charge in [-0.2, -0.15) is 5.26 Å². The Hall–Kier alpha value is -0.590. The minimum atomic E-state index is -0.0608. The van der Waals surface area contributed by atoms with E-state index in [1.54, 1.807) is 7.11 Å². The molecule has 0 saturated carbocycles. The number of nitrogens with zero attached hydrogens (tertiary/aromatic N) is 1. The van der Waals surface area contributed by atoms with Gasteiger partial charge in [-0.3, -0.25) is 0 Å². The molecule has 0 aliphatic rings. The molecule has 0 saturated heterocycles. The van der Waals surface area contributed by atoms with E-state index in [9.17, 15) is 0 Å². The maximum atomic E-state index is 8.43. The highest BCUT2D eigenvalue weighted by Crippen LogP contribution is 1.92. The predicted molar refractivity (Wildman–Crippen MR) is 44.1 cm³/mol. The van der Waals surface area contributed by atoms with Gasteiger partial charge in [0.2, 0.25) is 0 Å². The normalized spacial score (nSPS) is 15.5. The van der Waals surface area contributed by atoms with Crippen molar-refractivity contribution in [1.82, 2.24) is 5.32 Å². The van der Waals surface area contributed by atoms with Crippen molar-refractivity contribution in [3.63, 3.8) is 0 Å². The smallest absolute Gasteiger partial charge is 0.0924 e. The van der Waals surface area contributed by atoms with E-state index in [0.717, 1.165) is 13.2 Å². The molecule has 1 N–H and O–H groups in total. The molecule has 0 aliphatic heterocycles. The van der Waals surface area contributed by atoms with Crippen molar-refractivity contribution in [2.45, 2.75) is 19.9 Å². The molecule has 0 rings (SSSR count). The second-order valence-corrected chi connectivity index (χ2v) is 2.82. The zero-order valence-electron chi connectivity index (χ0n) is 7.42. The van der Waals surface area contributed by atoms with Gasteiger partial charge < -0.3 is 10.1 Å². The number of rotatable bonds is 5. The Morgan fingerprint density at radius 3 is 2.64 bits per heavy atom. The number of nitrogens with one attached hydrogen (secondary N) is 1. The minimum Gasteiger partial charge on any atom is -0.384 e. The fraction of sp³-hybridized carbons (Fsp3) is 0.875. The van der Waals surface area contributed by atoms with Crippen molar-refractivity contribution in [1.29, 1.82) is 5.26 Å². The van der Waals surface area contributed by atoms with Gasteiger partial charge in [0.15, 0.2) is 0 Å². The molecule has 0 spiro atoms. The Balaban J connectivity index is 3.31. The quantitative estimate of drug-likeness (QED) is 0.639. The molecule has 0 aromatic heterocycles. The lowest BCUT2D eigenvalue weighted by molar-refractivity contribution is 0.158. The van der Waals surface area contributed by atoms with E-state index in [-0.39, 0.29) is 6.04 Å². The Morgan fingerprint density at radius 2 is 2.18 bits per heavy atom. The topological polar surface area (TPSA) is 45.0 Å². The number of hydrogen-bond acceptors (Lipinski definition) is 3. The molecule has 0 aromatic rings. The average molecular weight is 156 g/mol. The first-order valence-electron chi connectivity index (χ1n) is 3.82. The first-order valence-corrected chi connectivity index (χ1v) is 3.82. The average Bonchev–Trinajstić information content (AvgIpc) is 2.01. The molecule has 3 nitrogen and oxygen atoms in total. The van der Waals surface area contributed by atoms with E-state index in [0.29, 0.717) is 5.92 Å². The molecule has 0 radical (unpaired) electrons. The van der Waals surface area contributed by atoms with Gasteiger partial charge >= 0.3 is 0 Å². The summed E-state index contributed by atoms with van der Waals surface area (Å²) in [6.07, 6.45) is 0. The van der Waals surface area contributed by atoms with Crippen molar-refractivity contribution in [2.24, 2.45) is 5.92 Å². The van der Waals surface area contributed by atoms with Gasteiger partial charge in [0.25, 0.3) is 0 Å². The highest BCUT2D eigenvalue weighted by Gasteiger charge is 2.02. The largest absolute Gasteiger partial charge is 0.384 e. The summed E-state index contributed by atoms with van der Waals surface area (Å²) >= 11 is 0. The SMILES string of the molecule is COCC(C)CNC(C)C#N. The first kappa shape index (κ1) is 10.4. The number of methoxy groups -OCH3 is 1. The first-order chi connectivity index (χ1) is 5.20. The highest BCUT2D eigenvalue weighted by molar-refractivity contribution is 4.85. The molecular formula is C8H16N2O. The van der Waals surface area contributed by atoms with E-state index in [1.165, 1.54) is 0 Å². The zero-order valence-corrected chi connectivity index (χ0v) is 7.42. The van der Waals surface area contributed by atoms with Gasteiger partial charge in [0.05, 0.1) is 12.1 Å². The van der Waals surface area contributed by atoms with Crippen LogP contribution in [-0.2, 0) is 4.74 Å². The summed E-state index contributed by atoms with van der Waals surface area (Å²) in [7, 11) is 1.68. The summed E-state index contributed by atoms with van der Waals surface area (Å²) in [6, 6.07) is 2.05. The van der Waals surface area contributed by atoms with E-state index in [2.05, 4.69) is 18.3 Å². The Bertz CT molecular complexity index is 131. The lowest BCUT2D eigenvalue weighted by atomic mass is 10.2. The maximum Gasteiger partial charge on any atom is 0.0924 e. The molecule has 2 atom stereocenters. The zero-order chi connectivity index (χ0) is 8.69. The van der Waals surface area contributed by atoms with Crippen LogP contribution in [0.3, 0.4) is 0 Å². The van der Waals surface area contributed by atoms with Gasteiger partial charge in [-0.1, -0.05) is 6.92 Å². The molecule has 0 bridgehead atoms. The van der Waals surface area contributed by atoms with Gasteiger partial charge in [0, 0.05) is 20.3 Å². The molecule has 11 heavy (non-hydrogen) atoms. The van der Waals surface area contributed by atoms with E-state index < -0.39 is 0 Å². The summed E-state index contributed by atoms with van der Waals surface area (Å²) in [6.45, 7) is 5.51. The van der Waals surface area contributed by atoms with Gasteiger partial charge in [0.1, 0.15) is 0 Å². The summed E-state index contributed by atoms with van der Waals surface area (Å²) in [5, 5.41) is 11.5. The third-order valence-electron chi connectivity index (χ3n) is 1.42. The van der Waals surface area contributed by atoms with Gasteiger partial charge in [-0.05, 0) is 12.8 Å². The summed E-state index contributed by atoms with van der Waals surface area (Å²) < 4.78 is 4.95. The van der Waals surface area contributed by atoms with Crippen molar-refractivity contribution in [3.8, 4) is 6.07 Å². The van der Waals surface area contributed by atoms with Crippen LogP contribution in [0.5, 0.6) is 0 Å². The molecule has 2 unspecified atom stereocenters. The van der Waals surface area contributed by atoms with Crippen molar-refractivity contribution >= 4 is 0 Å². The Labute approximate surface area is 68.3 Å². The van der Waals surface area contributed by atoms with E-state index in [1.807, 2.05) is 6.92 Å². The monoisotopic (exact) mass is 156 g/mol. The van der Waals surface area contributed by atoms with Gasteiger partial charge in [-0.25, -0.2) is 0 Å². The Morgan fingerprint density at radius 1 is 1.55 bits per heavy atom. The third kappa shape index (κ3) is 5.84. The van der Waals surface area contributed by atoms with Crippen LogP contribution in [0, 0.1) is 17.2 Å². The van der Waals surface area contributed by atoms with Crippen molar-refractivity contribution < 1.29 is 4.74 Å². The highest BCUT2D eigenvalue weighted by atomic mass is 16.5. The van der Waals surface area contributed by atoms with Crippen molar-refractivity contribution in [2.75, 3.05) is 20.3 Å². The van der Waals surface area contributed by atoms with Crippen LogP contribution in [-0.4, -0.2) is 26.3 Å². The number of nitriles is 1. The molecule has 0 heterocycles.